The molecule has 4 rings (SSSR count). The lowest BCUT2D eigenvalue weighted by Crippen LogP contribution is -2.28. The summed E-state index contributed by atoms with van der Waals surface area (Å²) in [6, 6.07) is 14.6. The van der Waals surface area contributed by atoms with E-state index in [0.717, 1.165) is 23.5 Å². The largest absolute Gasteiger partial charge is 0.325 e. The third kappa shape index (κ3) is 5.09. The summed E-state index contributed by atoms with van der Waals surface area (Å²) in [4.78, 5) is 40.0. The van der Waals surface area contributed by atoms with Crippen LogP contribution in [-0.2, 0) is 22.4 Å². The van der Waals surface area contributed by atoms with Crippen molar-refractivity contribution in [1.29, 1.82) is 0 Å². The van der Waals surface area contributed by atoms with Crippen molar-refractivity contribution in [3.8, 4) is 0 Å². The van der Waals surface area contributed by atoms with E-state index in [1.807, 2.05) is 31.2 Å². The minimum Gasteiger partial charge on any atom is -0.325 e. The highest BCUT2D eigenvalue weighted by Crippen LogP contribution is 2.27. The molecule has 3 amide bonds. The molecule has 0 radical (unpaired) electrons. The molecule has 1 fully saturated rings. The standard InChI is InChI=1S/C24H25N5O3S/c1-3-15-9-11-17(12-10-15)29-14-16(13-21(29)30)22(31)25-19-8-6-5-7-18(19)23(32)26-24-28-27-20(4-2)33-24/h5-12,16H,3-4,13-14H2,1-2H3,(H,25,31)(H,26,28,32)/t16-/m0/s1. The fourth-order valence-corrected chi connectivity index (χ4v) is 4.36. The van der Waals surface area contributed by atoms with Gasteiger partial charge >= 0.3 is 0 Å². The van der Waals surface area contributed by atoms with Gasteiger partial charge in [-0.2, -0.15) is 0 Å². The zero-order chi connectivity index (χ0) is 23.4. The van der Waals surface area contributed by atoms with Gasteiger partial charge in [0.15, 0.2) is 0 Å². The van der Waals surface area contributed by atoms with E-state index in [4.69, 9.17) is 0 Å². The van der Waals surface area contributed by atoms with Crippen LogP contribution in [0.15, 0.2) is 48.5 Å². The highest BCUT2D eigenvalue weighted by Gasteiger charge is 2.35. The van der Waals surface area contributed by atoms with E-state index in [2.05, 4.69) is 27.8 Å². The molecule has 0 unspecified atom stereocenters. The number of aromatic nitrogens is 2. The van der Waals surface area contributed by atoms with Gasteiger partial charge in [0.25, 0.3) is 5.91 Å². The van der Waals surface area contributed by atoms with Crippen molar-refractivity contribution in [2.24, 2.45) is 5.92 Å². The van der Waals surface area contributed by atoms with Gasteiger partial charge in [0.1, 0.15) is 5.01 Å². The summed E-state index contributed by atoms with van der Waals surface area (Å²) in [5.41, 5.74) is 2.68. The van der Waals surface area contributed by atoms with Gasteiger partial charge in [-0.15, -0.1) is 10.2 Å². The lowest BCUT2D eigenvalue weighted by atomic mass is 10.1. The Labute approximate surface area is 196 Å². The van der Waals surface area contributed by atoms with Gasteiger partial charge in [0, 0.05) is 18.7 Å². The lowest BCUT2D eigenvalue weighted by molar-refractivity contribution is -0.122. The summed E-state index contributed by atoms with van der Waals surface area (Å²) in [7, 11) is 0. The first-order valence-corrected chi connectivity index (χ1v) is 11.7. The summed E-state index contributed by atoms with van der Waals surface area (Å²) in [5, 5.41) is 14.8. The Morgan fingerprint density at radius 3 is 2.48 bits per heavy atom. The van der Waals surface area contributed by atoms with Crippen LogP contribution in [0.2, 0.25) is 0 Å². The van der Waals surface area contributed by atoms with Gasteiger partial charge in [0.2, 0.25) is 16.9 Å². The normalized spacial score (nSPS) is 15.5. The molecule has 0 aliphatic carbocycles. The average Bonchev–Trinajstić information content (AvgIpc) is 3.45. The summed E-state index contributed by atoms with van der Waals surface area (Å²) < 4.78 is 0. The molecule has 9 heteroatoms. The number of carbonyl (C=O) groups is 3. The molecule has 0 bridgehead atoms. The van der Waals surface area contributed by atoms with Crippen molar-refractivity contribution in [3.63, 3.8) is 0 Å². The number of hydrogen-bond donors (Lipinski definition) is 2. The second-order valence-corrected chi connectivity index (χ2v) is 8.83. The van der Waals surface area contributed by atoms with E-state index < -0.39 is 5.92 Å². The Morgan fingerprint density at radius 2 is 1.79 bits per heavy atom. The Bertz CT molecular complexity index is 1170. The molecule has 1 saturated heterocycles. The van der Waals surface area contributed by atoms with Crippen LogP contribution >= 0.6 is 11.3 Å². The molecule has 0 saturated carbocycles. The molecule has 1 aromatic heterocycles. The van der Waals surface area contributed by atoms with E-state index in [1.165, 1.54) is 16.9 Å². The van der Waals surface area contributed by atoms with Crippen LogP contribution < -0.4 is 15.5 Å². The Morgan fingerprint density at radius 1 is 1.03 bits per heavy atom. The predicted octanol–water partition coefficient (Wildman–Crippen LogP) is 3.91. The molecule has 170 valence electrons. The number of nitrogens with one attached hydrogen (secondary N) is 2. The molecule has 0 spiro atoms. The Hall–Kier alpha value is -3.59. The molecule has 3 aromatic rings. The molecular weight excluding hydrogens is 438 g/mol. The van der Waals surface area contributed by atoms with E-state index in [-0.39, 0.29) is 24.1 Å². The molecule has 1 atom stereocenters. The summed E-state index contributed by atoms with van der Waals surface area (Å²) in [6.07, 6.45) is 1.78. The fraction of sp³-hybridized carbons (Fsp3) is 0.292. The van der Waals surface area contributed by atoms with Crippen molar-refractivity contribution >= 4 is 45.6 Å². The number of benzene rings is 2. The molecule has 1 aliphatic rings. The van der Waals surface area contributed by atoms with Crippen molar-refractivity contribution in [2.45, 2.75) is 33.1 Å². The number of rotatable bonds is 7. The van der Waals surface area contributed by atoms with Gasteiger partial charge in [0.05, 0.1) is 17.2 Å². The van der Waals surface area contributed by atoms with Crippen LogP contribution in [0.25, 0.3) is 0 Å². The average molecular weight is 464 g/mol. The van der Waals surface area contributed by atoms with Gasteiger partial charge in [-0.1, -0.05) is 49.4 Å². The second-order valence-electron chi connectivity index (χ2n) is 7.77. The maximum Gasteiger partial charge on any atom is 0.259 e. The molecule has 2 heterocycles. The third-order valence-corrected chi connectivity index (χ3v) is 6.55. The molecule has 1 aliphatic heterocycles. The first-order chi connectivity index (χ1) is 16.0. The maximum atomic E-state index is 13.0. The van der Waals surface area contributed by atoms with Crippen LogP contribution in [0, 0.1) is 5.92 Å². The van der Waals surface area contributed by atoms with Crippen LogP contribution in [0.3, 0.4) is 0 Å². The molecular formula is C24H25N5O3S. The number of para-hydroxylation sites is 1. The van der Waals surface area contributed by atoms with Crippen molar-refractivity contribution in [3.05, 3.63) is 64.7 Å². The highest BCUT2D eigenvalue weighted by molar-refractivity contribution is 7.15. The fourth-order valence-electron chi connectivity index (χ4n) is 3.68. The minimum absolute atomic E-state index is 0.0894. The van der Waals surface area contributed by atoms with Crippen molar-refractivity contribution in [1.82, 2.24) is 10.2 Å². The van der Waals surface area contributed by atoms with Crippen LogP contribution in [0.5, 0.6) is 0 Å². The minimum atomic E-state index is -0.505. The topological polar surface area (TPSA) is 104 Å². The summed E-state index contributed by atoms with van der Waals surface area (Å²) in [5.74, 6) is -1.27. The third-order valence-electron chi connectivity index (χ3n) is 5.57. The van der Waals surface area contributed by atoms with Crippen LogP contribution in [-0.4, -0.2) is 34.5 Å². The SMILES string of the molecule is CCc1ccc(N2C[C@@H](C(=O)Nc3ccccc3C(=O)Nc3nnc(CC)s3)CC2=O)cc1. The zero-order valence-corrected chi connectivity index (χ0v) is 19.3. The van der Waals surface area contributed by atoms with Crippen molar-refractivity contribution < 1.29 is 14.4 Å². The first-order valence-electron chi connectivity index (χ1n) is 10.9. The van der Waals surface area contributed by atoms with Gasteiger partial charge in [-0.3, -0.25) is 19.7 Å². The van der Waals surface area contributed by atoms with Gasteiger partial charge < -0.3 is 10.2 Å². The summed E-state index contributed by atoms with van der Waals surface area (Å²) >= 11 is 1.31. The van der Waals surface area contributed by atoms with E-state index in [1.54, 1.807) is 29.2 Å². The number of anilines is 3. The zero-order valence-electron chi connectivity index (χ0n) is 18.5. The number of carbonyl (C=O) groups excluding carboxylic acids is 3. The second kappa shape index (κ2) is 9.91. The van der Waals surface area contributed by atoms with Crippen LogP contribution in [0.4, 0.5) is 16.5 Å². The molecule has 2 aromatic carbocycles. The maximum absolute atomic E-state index is 13.0. The van der Waals surface area contributed by atoms with Gasteiger partial charge in [-0.25, -0.2) is 0 Å². The highest BCUT2D eigenvalue weighted by atomic mass is 32.1. The summed E-state index contributed by atoms with van der Waals surface area (Å²) in [6.45, 7) is 4.34. The van der Waals surface area contributed by atoms with E-state index in [9.17, 15) is 14.4 Å². The predicted molar refractivity (Wildman–Crippen MR) is 129 cm³/mol. The van der Waals surface area contributed by atoms with Crippen molar-refractivity contribution in [2.75, 3.05) is 22.1 Å². The molecule has 2 N–H and O–H groups in total. The number of aryl methyl sites for hydroxylation is 2. The lowest BCUT2D eigenvalue weighted by Gasteiger charge is -2.17. The Kier molecular flexibility index (Phi) is 6.79. The van der Waals surface area contributed by atoms with E-state index >= 15 is 0 Å². The smallest absolute Gasteiger partial charge is 0.259 e. The van der Waals surface area contributed by atoms with E-state index in [0.29, 0.717) is 22.9 Å². The molecule has 33 heavy (non-hydrogen) atoms. The monoisotopic (exact) mass is 463 g/mol. The quantitative estimate of drug-likeness (QED) is 0.553. The number of amides is 3. The molecule has 8 nitrogen and oxygen atoms in total. The number of nitrogens with zero attached hydrogens (tertiary/aromatic N) is 3. The Balaban J connectivity index is 1.44. The first kappa shape index (κ1) is 22.6. The number of hydrogen-bond acceptors (Lipinski definition) is 6. The van der Waals surface area contributed by atoms with Gasteiger partial charge in [-0.05, 0) is 42.7 Å². The van der Waals surface area contributed by atoms with Crippen LogP contribution in [0.1, 0.15) is 41.2 Å².